The number of aryl methyl sites for hydroxylation is 1. The van der Waals surface area contributed by atoms with E-state index in [0.717, 1.165) is 11.7 Å². The molecule has 0 unspecified atom stereocenters. The van der Waals surface area contributed by atoms with Gasteiger partial charge in [-0.1, -0.05) is 0 Å². The van der Waals surface area contributed by atoms with Gasteiger partial charge in [-0.2, -0.15) is 23.4 Å². The van der Waals surface area contributed by atoms with E-state index in [4.69, 9.17) is 0 Å². The number of hydrogen-bond acceptors (Lipinski definition) is 3. The number of halogens is 3. The molecule has 26 heavy (non-hydrogen) atoms. The van der Waals surface area contributed by atoms with Crippen LogP contribution in [0.25, 0.3) is 5.65 Å². The van der Waals surface area contributed by atoms with Crippen molar-refractivity contribution in [3.63, 3.8) is 0 Å². The molecule has 1 aliphatic rings. The van der Waals surface area contributed by atoms with Crippen molar-refractivity contribution in [3.05, 3.63) is 42.1 Å². The summed E-state index contributed by atoms with van der Waals surface area (Å²) in [5, 5.41) is 7.81. The monoisotopic (exact) mass is 366 g/mol. The van der Waals surface area contributed by atoms with Crippen molar-refractivity contribution in [1.82, 2.24) is 28.9 Å². The molecule has 4 heterocycles. The van der Waals surface area contributed by atoms with Crippen LogP contribution in [0.1, 0.15) is 34.9 Å². The number of likely N-dealkylation sites (tertiary alicyclic amines) is 1. The van der Waals surface area contributed by atoms with Crippen molar-refractivity contribution in [3.8, 4) is 0 Å². The Morgan fingerprint density at radius 1 is 1.19 bits per heavy atom. The predicted octanol–water partition coefficient (Wildman–Crippen LogP) is 2.37. The zero-order valence-corrected chi connectivity index (χ0v) is 14.0. The molecule has 3 aromatic rings. The number of carbonyl (C=O) groups excluding carboxylic acids is 1. The van der Waals surface area contributed by atoms with E-state index in [2.05, 4.69) is 10.2 Å². The average molecular weight is 366 g/mol. The molecule has 3 aromatic heterocycles. The molecule has 0 aliphatic carbocycles. The van der Waals surface area contributed by atoms with Gasteiger partial charge in [-0.05, 0) is 18.9 Å². The van der Waals surface area contributed by atoms with E-state index in [-0.39, 0.29) is 11.9 Å². The van der Waals surface area contributed by atoms with Gasteiger partial charge >= 0.3 is 6.18 Å². The Morgan fingerprint density at radius 2 is 1.92 bits per heavy atom. The molecule has 138 valence electrons. The van der Waals surface area contributed by atoms with Gasteiger partial charge in [0.15, 0.2) is 5.69 Å². The Hall–Kier alpha value is -2.78. The molecule has 4 rings (SSSR count). The van der Waals surface area contributed by atoms with E-state index < -0.39 is 11.9 Å². The summed E-state index contributed by atoms with van der Waals surface area (Å²) in [6.07, 6.45) is 3.17. The quantitative estimate of drug-likeness (QED) is 0.700. The number of nitrogens with zero attached hydrogens (tertiary/aromatic N) is 6. The molecule has 1 amide bonds. The van der Waals surface area contributed by atoms with Gasteiger partial charge in [0.1, 0.15) is 11.2 Å². The SMILES string of the molecule is Cn1ccn2ncc(C(=O)N3CCC(n4ccc(C(F)(F)F)n4)CC3)c12. The van der Waals surface area contributed by atoms with Gasteiger partial charge in [0, 0.05) is 38.7 Å². The van der Waals surface area contributed by atoms with Gasteiger partial charge in [-0.15, -0.1) is 0 Å². The molecule has 1 fully saturated rings. The van der Waals surface area contributed by atoms with Crippen LogP contribution in [0.3, 0.4) is 0 Å². The molecule has 0 aromatic carbocycles. The molecule has 7 nitrogen and oxygen atoms in total. The maximum Gasteiger partial charge on any atom is 0.435 e. The molecule has 0 bridgehead atoms. The number of piperidine rings is 1. The van der Waals surface area contributed by atoms with E-state index in [1.807, 2.05) is 17.8 Å². The Morgan fingerprint density at radius 3 is 2.58 bits per heavy atom. The second kappa shape index (κ2) is 5.89. The number of rotatable bonds is 2. The molecule has 0 saturated carbocycles. The van der Waals surface area contributed by atoms with Crippen LogP contribution in [-0.4, -0.2) is 47.9 Å². The maximum atomic E-state index is 12.8. The van der Waals surface area contributed by atoms with Crippen molar-refractivity contribution in [2.75, 3.05) is 13.1 Å². The van der Waals surface area contributed by atoms with Crippen LogP contribution < -0.4 is 0 Å². The number of alkyl halides is 3. The van der Waals surface area contributed by atoms with Gasteiger partial charge in [0.2, 0.25) is 0 Å². The molecule has 0 spiro atoms. The summed E-state index contributed by atoms with van der Waals surface area (Å²) in [5.41, 5.74) is 0.357. The summed E-state index contributed by atoms with van der Waals surface area (Å²) in [6.45, 7) is 0.930. The molecule has 0 radical (unpaired) electrons. The highest BCUT2D eigenvalue weighted by Gasteiger charge is 2.35. The lowest BCUT2D eigenvalue weighted by Crippen LogP contribution is -2.39. The second-order valence-electron chi connectivity index (χ2n) is 6.44. The first kappa shape index (κ1) is 16.7. The minimum absolute atomic E-state index is 0.114. The van der Waals surface area contributed by atoms with Crippen molar-refractivity contribution in [1.29, 1.82) is 0 Å². The second-order valence-corrected chi connectivity index (χ2v) is 6.44. The standard InChI is InChI=1S/C16H17F3N6O/c1-22-8-9-25-14(22)12(10-20-25)15(26)23-5-2-11(3-6-23)24-7-4-13(21-24)16(17,18)19/h4,7-11H,2-3,5-6H2,1H3. The highest BCUT2D eigenvalue weighted by atomic mass is 19.4. The van der Waals surface area contributed by atoms with Gasteiger partial charge in [0.25, 0.3) is 5.91 Å². The summed E-state index contributed by atoms with van der Waals surface area (Å²) in [6, 6.07) is 0.841. The Bertz CT molecular complexity index is 945. The van der Waals surface area contributed by atoms with Crippen molar-refractivity contribution in [2.45, 2.75) is 25.1 Å². The topological polar surface area (TPSA) is 60.4 Å². The summed E-state index contributed by atoms with van der Waals surface area (Å²) in [5.74, 6) is -0.114. The predicted molar refractivity (Wildman–Crippen MR) is 85.6 cm³/mol. The molecule has 0 atom stereocenters. The average Bonchev–Trinajstić information content (AvgIpc) is 3.31. The highest BCUT2D eigenvalue weighted by Crippen LogP contribution is 2.30. The summed E-state index contributed by atoms with van der Waals surface area (Å²) in [4.78, 5) is 14.5. The molecule has 1 aliphatic heterocycles. The summed E-state index contributed by atoms with van der Waals surface area (Å²) in [7, 11) is 1.84. The Balaban J connectivity index is 1.46. The fourth-order valence-corrected chi connectivity index (χ4v) is 3.40. The fraction of sp³-hybridized carbons (Fsp3) is 0.438. The third-order valence-electron chi connectivity index (χ3n) is 4.79. The van der Waals surface area contributed by atoms with E-state index in [9.17, 15) is 18.0 Å². The maximum absolute atomic E-state index is 12.8. The van der Waals surface area contributed by atoms with Crippen LogP contribution in [0.15, 0.2) is 30.9 Å². The van der Waals surface area contributed by atoms with Crippen LogP contribution in [0, 0.1) is 0 Å². The zero-order chi connectivity index (χ0) is 18.5. The molecule has 1 saturated heterocycles. The first-order valence-corrected chi connectivity index (χ1v) is 8.25. The summed E-state index contributed by atoms with van der Waals surface area (Å²) >= 11 is 0. The lowest BCUT2D eigenvalue weighted by atomic mass is 10.0. The lowest BCUT2D eigenvalue weighted by Gasteiger charge is -2.32. The van der Waals surface area contributed by atoms with Crippen molar-refractivity contribution < 1.29 is 18.0 Å². The number of aromatic nitrogens is 5. The van der Waals surface area contributed by atoms with Crippen LogP contribution in [0.4, 0.5) is 13.2 Å². The largest absolute Gasteiger partial charge is 0.435 e. The Labute approximate surface area is 146 Å². The van der Waals surface area contributed by atoms with Gasteiger partial charge in [0.05, 0.1) is 12.2 Å². The number of carbonyl (C=O) groups is 1. The number of imidazole rings is 1. The van der Waals surface area contributed by atoms with Crippen molar-refractivity contribution >= 4 is 11.6 Å². The Kier molecular flexibility index (Phi) is 3.78. The summed E-state index contributed by atoms with van der Waals surface area (Å²) < 4.78 is 42.9. The molecule has 10 heteroatoms. The first-order chi connectivity index (χ1) is 12.3. The van der Waals surface area contributed by atoms with E-state index >= 15 is 0 Å². The highest BCUT2D eigenvalue weighted by molar-refractivity contribution is 5.99. The normalized spacial score (nSPS) is 16.5. The number of hydrogen-bond donors (Lipinski definition) is 0. The van der Waals surface area contributed by atoms with E-state index in [1.54, 1.807) is 21.8 Å². The van der Waals surface area contributed by atoms with Crippen molar-refractivity contribution in [2.24, 2.45) is 7.05 Å². The third-order valence-corrected chi connectivity index (χ3v) is 4.79. The third kappa shape index (κ3) is 2.74. The van der Waals surface area contributed by atoms with E-state index in [1.165, 1.54) is 10.9 Å². The lowest BCUT2D eigenvalue weighted by molar-refractivity contribution is -0.141. The fourth-order valence-electron chi connectivity index (χ4n) is 3.40. The minimum Gasteiger partial charge on any atom is -0.338 e. The van der Waals surface area contributed by atoms with Gasteiger partial charge < -0.3 is 9.47 Å². The van der Waals surface area contributed by atoms with E-state index in [0.29, 0.717) is 31.5 Å². The first-order valence-electron chi connectivity index (χ1n) is 8.25. The molecular formula is C16H17F3N6O. The zero-order valence-electron chi connectivity index (χ0n) is 14.0. The smallest absolute Gasteiger partial charge is 0.338 e. The molecular weight excluding hydrogens is 349 g/mol. The van der Waals surface area contributed by atoms with Crippen LogP contribution in [-0.2, 0) is 13.2 Å². The van der Waals surface area contributed by atoms with Crippen LogP contribution in [0.5, 0.6) is 0 Å². The van der Waals surface area contributed by atoms with Gasteiger partial charge in [-0.3, -0.25) is 9.48 Å². The number of amides is 1. The number of fused-ring (bicyclic) bond motifs is 1. The van der Waals surface area contributed by atoms with Crippen LogP contribution >= 0.6 is 0 Å². The minimum atomic E-state index is -4.44. The van der Waals surface area contributed by atoms with Crippen LogP contribution in [0.2, 0.25) is 0 Å². The van der Waals surface area contributed by atoms with Gasteiger partial charge in [-0.25, -0.2) is 4.52 Å². The molecule has 0 N–H and O–H groups in total.